The van der Waals surface area contributed by atoms with Gasteiger partial charge in [-0.3, -0.25) is 0 Å². The maximum Gasteiger partial charge on any atom is 0.125 e. The summed E-state index contributed by atoms with van der Waals surface area (Å²) in [6.45, 7) is 1.90. The first kappa shape index (κ1) is 11.8. The van der Waals surface area contributed by atoms with Crippen LogP contribution < -0.4 is 0 Å². The Labute approximate surface area is 102 Å². The zero-order chi connectivity index (χ0) is 9.42. The molecule has 1 aromatic carbocycles. The maximum absolute atomic E-state index is 5.91. The monoisotopic (exact) mass is 294 g/mol. The number of rotatable bonds is 1. The Balaban J connectivity index is 0.000000980. The number of H-pyrrole nitrogens is 1. The van der Waals surface area contributed by atoms with E-state index in [2.05, 4.69) is 25.9 Å². The molecule has 0 aliphatic rings. The summed E-state index contributed by atoms with van der Waals surface area (Å²) in [5.74, 6) is 0.815. The van der Waals surface area contributed by atoms with Crippen molar-refractivity contribution in [2.45, 2.75) is 12.3 Å². The second-order valence-electron chi connectivity index (χ2n) is 2.90. The zero-order valence-electron chi connectivity index (χ0n) is 7.42. The van der Waals surface area contributed by atoms with Gasteiger partial charge in [0.15, 0.2) is 0 Å². The first-order valence-corrected chi connectivity index (χ1v) is 5.19. The minimum absolute atomic E-state index is 0. The minimum Gasteiger partial charge on any atom is -0.341 e. The number of nitrogens with zero attached hydrogens (tertiary/aromatic N) is 1. The molecular formula is C9H9BrCl2N2. The summed E-state index contributed by atoms with van der Waals surface area (Å²) in [7, 11) is 0. The molecule has 5 heteroatoms. The Hall–Kier alpha value is -0.250. The third-order valence-corrected chi connectivity index (χ3v) is 2.54. The van der Waals surface area contributed by atoms with E-state index >= 15 is 0 Å². The zero-order valence-corrected chi connectivity index (χ0v) is 10.6. The molecule has 0 saturated heterocycles. The van der Waals surface area contributed by atoms with Crippen molar-refractivity contribution in [2.24, 2.45) is 0 Å². The molecule has 1 N–H and O–H groups in total. The molecule has 2 rings (SSSR count). The van der Waals surface area contributed by atoms with E-state index in [4.69, 9.17) is 11.6 Å². The van der Waals surface area contributed by atoms with Crippen LogP contribution in [-0.4, -0.2) is 9.97 Å². The summed E-state index contributed by atoms with van der Waals surface area (Å²) in [6, 6.07) is 5.91. The molecule has 2 nitrogen and oxygen atoms in total. The van der Waals surface area contributed by atoms with Gasteiger partial charge in [-0.2, -0.15) is 0 Å². The molecule has 0 aliphatic heterocycles. The molecule has 0 amide bonds. The molecule has 0 bridgehead atoms. The molecule has 1 aromatic heterocycles. The van der Waals surface area contributed by atoms with E-state index in [1.54, 1.807) is 0 Å². The van der Waals surface area contributed by atoms with E-state index in [0.29, 0.717) is 0 Å². The van der Waals surface area contributed by atoms with Crippen molar-refractivity contribution in [2.75, 3.05) is 0 Å². The highest BCUT2D eigenvalue weighted by Crippen LogP contribution is 2.22. The van der Waals surface area contributed by atoms with E-state index in [-0.39, 0.29) is 17.8 Å². The van der Waals surface area contributed by atoms with Gasteiger partial charge in [-0.15, -0.1) is 24.0 Å². The molecule has 1 heterocycles. The number of imidazole rings is 1. The van der Waals surface area contributed by atoms with Crippen LogP contribution in [0.3, 0.4) is 0 Å². The van der Waals surface area contributed by atoms with E-state index < -0.39 is 0 Å². The van der Waals surface area contributed by atoms with Gasteiger partial charge in [0, 0.05) is 4.47 Å². The van der Waals surface area contributed by atoms with Gasteiger partial charge in [-0.25, -0.2) is 4.98 Å². The molecular weight excluding hydrogens is 287 g/mol. The van der Waals surface area contributed by atoms with Crippen LogP contribution in [-0.2, 0) is 0 Å². The molecule has 1 unspecified atom stereocenters. The fourth-order valence-electron chi connectivity index (χ4n) is 1.19. The van der Waals surface area contributed by atoms with Crippen molar-refractivity contribution in [1.82, 2.24) is 9.97 Å². The van der Waals surface area contributed by atoms with Crippen molar-refractivity contribution < 1.29 is 0 Å². The highest BCUT2D eigenvalue weighted by molar-refractivity contribution is 9.10. The topological polar surface area (TPSA) is 28.7 Å². The average Bonchev–Trinajstić information content (AvgIpc) is 2.46. The molecule has 1 atom stereocenters. The van der Waals surface area contributed by atoms with Crippen LogP contribution in [0.1, 0.15) is 18.1 Å². The van der Waals surface area contributed by atoms with Gasteiger partial charge in [0.2, 0.25) is 0 Å². The average molecular weight is 296 g/mol. The highest BCUT2D eigenvalue weighted by atomic mass is 79.9. The summed E-state index contributed by atoms with van der Waals surface area (Å²) in [5, 5.41) is -0.0776. The van der Waals surface area contributed by atoms with Crippen molar-refractivity contribution in [3.63, 3.8) is 0 Å². The SMILES string of the molecule is CC(Cl)c1nc2ccc(Br)cc2[nH]1.Cl. The maximum atomic E-state index is 5.91. The second-order valence-corrected chi connectivity index (χ2v) is 4.47. The lowest BCUT2D eigenvalue weighted by Gasteiger charge is -1.93. The Bertz CT molecular complexity index is 439. The summed E-state index contributed by atoms with van der Waals surface area (Å²) in [4.78, 5) is 7.51. The van der Waals surface area contributed by atoms with Crippen LogP contribution in [0.4, 0.5) is 0 Å². The number of benzene rings is 1. The highest BCUT2D eigenvalue weighted by Gasteiger charge is 2.07. The number of nitrogens with one attached hydrogen (secondary N) is 1. The van der Waals surface area contributed by atoms with E-state index in [9.17, 15) is 0 Å². The van der Waals surface area contributed by atoms with Crippen LogP contribution in [0.5, 0.6) is 0 Å². The Kier molecular flexibility index (Phi) is 3.81. The fraction of sp³-hybridized carbons (Fsp3) is 0.222. The Morgan fingerprint density at radius 3 is 2.86 bits per heavy atom. The van der Waals surface area contributed by atoms with E-state index in [1.807, 2.05) is 25.1 Å². The fourth-order valence-corrected chi connectivity index (χ4v) is 1.65. The normalized spacial score (nSPS) is 12.5. The second kappa shape index (κ2) is 4.51. The van der Waals surface area contributed by atoms with Crippen molar-refractivity contribution in [3.05, 3.63) is 28.5 Å². The number of hydrogen-bond donors (Lipinski definition) is 1. The lowest BCUT2D eigenvalue weighted by atomic mass is 10.3. The molecule has 0 radical (unpaired) electrons. The number of aromatic amines is 1. The van der Waals surface area contributed by atoms with Gasteiger partial charge in [0.1, 0.15) is 5.82 Å². The van der Waals surface area contributed by atoms with Crippen molar-refractivity contribution >= 4 is 51.0 Å². The third kappa shape index (κ3) is 2.22. The van der Waals surface area contributed by atoms with Crippen molar-refractivity contribution in [3.8, 4) is 0 Å². The molecule has 0 saturated carbocycles. The molecule has 2 aromatic rings. The number of halogens is 3. The first-order valence-electron chi connectivity index (χ1n) is 3.96. The van der Waals surface area contributed by atoms with E-state index in [0.717, 1.165) is 21.3 Å². The van der Waals surface area contributed by atoms with Gasteiger partial charge < -0.3 is 4.98 Å². The summed E-state index contributed by atoms with van der Waals surface area (Å²) in [5.41, 5.74) is 1.96. The summed E-state index contributed by atoms with van der Waals surface area (Å²) >= 11 is 9.31. The lowest BCUT2D eigenvalue weighted by Crippen LogP contribution is -1.85. The number of alkyl halides is 1. The standard InChI is InChI=1S/C9H8BrClN2.ClH/c1-5(11)9-12-7-3-2-6(10)4-8(7)13-9;/h2-5H,1H3,(H,12,13);1H. The molecule has 0 fully saturated rings. The number of fused-ring (bicyclic) bond motifs is 1. The van der Waals surface area contributed by atoms with Gasteiger partial charge in [0.25, 0.3) is 0 Å². The first-order chi connectivity index (χ1) is 6.16. The van der Waals surface area contributed by atoms with Gasteiger partial charge >= 0.3 is 0 Å². The number of hydrogen-bond acceptors (Lipinski definition) is 1. The smallest absolute Gasteiger partial charge is 0.125 e. The minimum atomic E-state index is -0.0776. The van der Waals surface area contributed by atoms with Crippen LogP contribution in [0.2, 0.25) is 0 Å². The third-order valence-electron chi connectivity index (χ3n) is 1.84. The quantitative estimate of drug-likeness (QED) is 0.790. The number of aromatic nitrogens is 2. The van der Waals surface area contributed by atoms with Crippen LogP contribution in [0.25, 0.3) is 11.0 Å². The Morgan fingerprint density at radius 1 is 1.50 bits per heavy atom. The predicted molar refractivity (Wildman–Crippen MR) is 65.3 cm³/mol. The van der Waals surface area contributed by atoms with E-state index in [1.165, 1.54) is 0 Å². The predicted octanol–water partition coefficient (Wildman–Crippen LogP) is 4.05. The molecule has 0 aliphatic carbocycles. The van der Waals surface area contributed by atoms with Gasteiger partial charge in [0.05, 0.1) is 16.4 Å². The summed E-state index contributed by atoms with van der Waals surface area (Å²) < 4.78 is 1.04. The molecule has 0 spiro atoms. The Morgan fingerprint density at radius 2 is 2.21 bits per heavy atom. The molecule has 76 valence electrons. The van der Waals surface area contributed by atoms with Gasteiger partial charge in [-0.1, -0.05) is 15.9 Å². The van der Waals surface area contributed by atoms with Crippen LogP contribution in [0, 0.1) is 0 Å². The summed E-state index contributed by atoms with van der Waals surface area (Å²) in [6.07, 6.45) is 0. The largest absolute Gasteiger partial charge is 0.341 e. The van der Waals surface area contributed by atoms with Crippen molar-refractivity contribution in [1.29, 1.82) is 0 Å². The lowest BCUT2D eigenvalue weighted by molar-refractivity contribution is 0.962. The van der Waals surface area contributed by atoms with Crippen LogP contribution in [0.15, 0.2) is 22.7 Å². The van der Waals surface area contributed by atoms with Crippen LogP contribution >= 0.6 is 39.9 Å². The van der Waals surface area contributed by atoms with Gasteiger partial charge in [-0.05, 0) is 25.1 Å². The molecule has 14 heavy (non-hydrogen) atoms.